The summed E-state index contributed by atoms with van der Waals surface area (Å²) in [6.07, 6.45) is 1.53. The lowest BCUT2D eigenvalue weighted by Gasteiger charge is -2.20. The summed E-state index contributed by atoms with van der Waals surface area (Å²) in [5, 5.41) is 0. The van der Waals surface area contributed by atoms with Crippen LogP contribution in [-0.4, -0.2) is 27.6 Å². The zero-order valence-corrected chi connectivity index (χ0v) is 13.8. The van der Waals surface area contributed by atoms with Crippen molar-refractivity contribution in [2.75, 3.05) is 13.2 Å². The van der Waals surface area contributed by atoms with Crippen LogP contribution in [0.2, 0.25) is 0 Å². The lowest BCUT2D eigenvalue weighted by Crippen LogP contribution is -2.37. The maximum Gasteiger partial charge on any atom is 0.240 e. The van der Waals surface area contributed by atoms with Gasteiger partial charge in [-0.3, -0.25) is 0 Å². The second-order valence-electron chi connectivity index (χ2n) is 5.34. The van der Waals surface area contributed by atoms with Gasteiger partial charge in [-0.25, -0.2) is 13.1 Å². The summed E-state index contributed by atoms with van der Waals surface area (Å²) < 4.78 is 32.8. The van der Waals surface area contributed by atoms with Crippen molar-refractivity contribution in [3.05, 3.63) is 24.3 Å². The Morgan fingerprint density at radius 2 is 1.86 bits per heavy atom. The third kappa shape index (κ3) is 5.65. The monoisotopic (exact) mass is 314 g/mol. The molecule has 3 N–H and O–H groups in total. The number of rotatable bonds is 9. The number of hydrogen-bond donors (Lipinski definition) is 2. The van der Waals surface area contributed by atoms with E-state index in [1.807, 2.05) is 20.8 Å². The smallest absolute Gasteiger partial charge is 0.240 e. The van der Waals surface area contributed by atoms with Gasteiger partial charge in [0.15, 0.2) is 0 Å². The van der Waals surface area contributed by atoms with Crippen LogP contribution in [0, 0.1) is 5.92 Å². The zero-order chi connectivity index (χ0) is 15.9. The fraction of sp³-hybridized carbons (Fsp3) is 0.600. The van der Waals surface area contributed by atoms with Crippen molar-refractivity contribution in [1.29, 1.82) is 0 Å². The van der Waals surface area contributed by atoms with E-state index in [0.717, 1.165) is 12.8 Å². The number of nitrogens with two attached hydrogens (primary N) is 1. The summed E-state index contributed by atoms with van der Waals surface area (Å²) in [6.45, 7) is 7.09. The predicted octanol–water partition coefficient (Wildman–Crippen LogP) is 2.13. The topological polar surface area (TPSA) is 81.4 Å². The third-order valence-corrected chi connectivity index (χ3v) is 4.81. The van der Waals surface area contributed by atoms with E-state index in [1.54, 1.807) is 24.3 Å². The highest BCUT2D eigenvalue weighted by Crippen LogP contribution is 2.18. The van der Waals surface area contributed by atoms with Crippen molar-refractivity contribution >= 4 is 10.0 Å². The second-order valence-corrected chi connectivity index (χ2v) is 7.06. The van der Waals surface area contributed by atoms with Gasteiger partial charge in [0.05, 0.1) is 11.5 Å². The van der Waals surface area contributed by atoms with Crippen LogP contribution in [0.3, 0.4) is 0 Å². The standard InChI is InChI=1S/C15H26N2O3S/c1-4-15(12(2)3)17-21(18,19)14-8-6-13(7-9-14)20-11-5-10-16/h6-9,12,15,17H,4-5,10-11,16H2,1-3H3. The summed E-state index contributed by atoms with van der Waals surface area (Å²) in [5.74, 6) is 0.905. The average Bonchev–Trinajstić information content (AvgIpc) is 2.45. The Balaban J connectivity index is 2.75. The molecule has 0 fully saturated rings. The van der Waals surface area contributed by atoms with Crippen molar-refractivity contribution < 1.29 is 13.2 Å². The van der Waals surface area contributed by atoms with Gasteiger partial charge in [0.1, 0.15) is 5.75 Å². The minimum atomic E-state index is -3.48. The zero-order valence-electron chi connectivity index (χ0n) is 13.0. The van der Waals surface area contributed by atoms with Gasteiger partial charge in [-0.1, -0.05) is 20.8 Å². The Morgan fingerprint density at radius 3 is 2.33 bits per heavy atom. The van der Waals surface area contributed by atoms with Crippen molar-refractivity contribution in [1.82, 2.24) is 4.72 Å². The highest BCUT2D eigenvalue weighted by molar-refractivity contribution is 7.89. The molecule has 0 aliphatic rings. The fourth-order valence-corrected chi connectivity index (χ4v) is 3.41. The second kappa shape index (κ2) is 8.36. The van der Waals surface area contributed by atoms with Crippen LogP contribution < -0.4 is 15.2 Å². The molecule has 1 unspecified atom stereocenters. The first kappa shape index (κ1) is 17.9. The van der Waals surface area contributed by atoms with Gasteiger partial charge in [0.25, 0.3) is 0 Å². The Kier molecular flexibility index (Phi) is 7.14. The van der Waals surface area contributed by atoms with Crippen molar-refractivity contribution in [2.45, 2.75) is 44.6 Å². The quantitative estimate of drug-likeness (QED) is 0.684. The van der Waals surface area contributed by atoms with Crippen molar-refractivity contribution in [2.24, 2.45) is 11.7 Å². The summed E-state index contributed by atoms with van der Waals surface area (Å²) in [7, 11) is -3.48. The lowest BCUT2D eigenvalue weighted by molar-refractivity contribution is 0.313. The molecule has 0 spiro atoms. The van der Waals surface area contributed by atoms with Crippen molar-refractivity contribution in [3.8, 4) is 5.75 Å². The highest BCUT2D eigenvalue weighted by atomic mass is 32.2. The molecule has 1 aromatic carbocycles. The number of sulfonamides is 1. The number of nitrogens with one attached hydrogen (secondary N) is 1. The van der Waals surface area contributed by atoms with Gasteiger partial charge in [-0.15, -0.1) is 0 Å². The molecule has 0 aromatic heterocycles. The molecule has 0 saturated carbocycles. The SMILES string of the molecule is CCC(NS(=O)(=O)c1ccc(OCCCN)cc1)C(C)C. The normalized spacial score (nSPS) is 13.4. The molecule has 0 radical (unpaired) electrons. The molecule has 1 aromatic rings. The molecule has 0 heterocycles. The molecule has 5 nitrogen and oxygen atoms in total. The van der Waals surface area contributed by atoms with Crippen LogP contribution in [0.5, 0.6) is 5.75 Å². The van der Waals surface area contributed by atoms with Crippen LogP contribution in [0.4, 0.5) is 0 Å². The number of hydrogen-bond acceptors (Lipinski definition) is 4. The highest BCUT2D eigenvalue weighted by Gasteiger charge is 2.21. The van der Waals surface area contributed by atoms with E-state index >= 15 is 0 Å². The lowest BCUT2D eigenvalue weighted by atomic mass is 10.0. The Morgan fingerprint density at radius 1 is 1.24 bits per heavy atom. The average molecular weight is 314 g/mol. The van der Waals surface area contributed by atoms with Gasteiger partial charge in [-0.05, 0) is 49.6 Å². The Bertz CT molecular complexity index is 512. The summed E-state index contributed by atoms with van der Waals surface area (Å²) in [6, 6.07) is 6.40. The maximum atomic E-state index is 12.3. The largest absolute Gasteiger partial charge is 0.494 e. The number of ether oxygens (including phenoxy) is 1. The van der Waals surface area contributed by atoms with Crippen LogP contribution in [0.15, 0.2) is 29.2 Å². The predicted molar refractivity (Wildman–Crippen MR) is 84.8 cm³/mol. The fourth-order valence-electron chi connectivity index (χ4n) is 1.95. The minimum absolute atomic E-state index is 0.0597. The molecule has 0 aliphatic carbocycles. The van der Waals surface area contributed by atoms with Crippen LogP contribution >= 0.6 is 0 Å². The number of benzene rings is 1. The Hall–Kier alpha value is -1.11. The molecule has 1 atom stereocenters. The summed E-state index contributed by atoms with van der Waals surface area (Å²) in [4.78, 5) is 0.257. The molecule has 120 valence electrons. The van der Waals surface area contributed by atoms with Crippen molar-refractivity contribution in [3.63, 3.8) is 0 Å². The summed E-state index contributed by atoms with van der Waals surface area (Å²) in [5.41, 5.74) is 5.39. The van der Waals surface area contributed by atoms with E-state index in [4.69, 9.17) is 10.5 Å². The van der Waals surface area contributed by atoms with Crippen LogP contribution in [0.1, 0.15) is 33.6 Å². The summed E-state index contributed by atoms with van der Waals surface area (Å²) >= 11 is 0. The molecule has 0 aliphatic heterocycles. The van der Waals surface area contributed by atoms with Gasteiger partial charge in [0, 0.05) is 6.04 Å². The van der Waals surface area contributed by atoms with E-state index in [2.05, 4.69) is 4.72 Å². The maximum absolute atomic E-state index is 12.3. The molecule has 0 amide bonds. The van der Waals surface area contributed by atoms with Gasteiger partial charge >= 0.3 is 0 Å². The molecule has 0 bridgehead atoms. The van der Waals surface area contributed by atoms with E-state index in [0.29, 0.717) is 18.9 Å². The van der Waals surface area contributed by atoms with Gasteiger partial charge in [-0.2, -0.15) is 0 Å². The first-order chi connectivity index (χ1) is 9.90. The molecule has 21 heavy (non-hydrogen) atoms. The van der Waals surface area contributed by atoms with Gasteiger partial charge in [0.2, 0.25) is 10.0 Å². The van der Waals surface area contributed by atoms with E-state index in [-0.39, 0.29) is 16.9 Å². The molecule has 6 heteroatoms. The minimum Gasteiger partial charge on any atom is -0.494 e. The first-order valence-electron chi connectivity index (χ1n) is 7.36. The van der Waals surface area contributed by atoms with Crippen LogP contribution in [-0.2, 0) is 10.0 Å². The van der Waals surface area contributed by atoms with E-state index < -0.39 is 10.0 Å². The molecular weight excluding hydrogens is 288 g/mol. The van der Waals surface area contributed by atoms with Crippen LogP contribution in [0.25, 0.3) is 0 Å². The Labute approximate surface area is 127 Å². The molecule has 0 saturated heterocycles. The first-order valence-corrected chi connectivity index (χ1v) is 8.84. The molecule has 1 rings (SSSR count). The molecular formula is C15H26N2O3S. The van der Waals surface area contributed by atoms with E-state index in [9.17, 15) is 8.42 Å². The van der Waals surface area contributed by atoms with E-state index in [1.165, 1.54) is 0 Å². The van der Waals surface area contributed by atoms with Gasteiger partial charge < -0.3 is 10.5 Å². The third-order valence-electron chi connectivity index (χ3n) is 3.30.